The number of urea groups is 1. The van der Waals surface area contributed by atoms with E-state index in [1.165, 1.54) is 0 Å². The number of nitrogens with two attached hydrogens (primary N) is 1. The van der Waals surface area contributed by atoms with Crippen molar-refractivity contribution in [2.75, 3.05) is 39.4 Å². The van der Waals surface area contributed by atoms with Gasteiger partial charge in [0.1, 0.15) is 0 Å². The van der Waals surface area contributed by atoms with Crippen molar-refractivity contribution >= 4 is 11.9 Å². The molecule has 0 saturated carbocycles. The van der Waals surface area contributed by atoms with Crippen LogP contribution in [0, 0.1) is 5.92 Å². The van der Waals surface area contributed by atoms with Crippen molar-refractivity contribution in [1.82, 2.24) is 9.80 Å². The van der Waals surface area contributed by atoms with Gasteiger partial charge in [-0.2, -0.15) is 0 Å². The Bertz CT molecular complexity index is 294. The summed E-state index contributed by atoms with van der Waals surface area (Å²) in [5, 5.41) is 0. The van der Waals surface area contributed by atoms with Gasteiger partial charge in [-0.05, 0) is 12.8 Å². The van der Waals surface area contributed by atoms with Crippen LogP contribution in [0.15, 0.2) is 0 Å². The van der Waals surface area contributed by atoms with Crippen LogP contribution in [0.1, 0.15) is 12.8 Å². The third-order valence-electron chi connectivity index (χ3n) is 3.45. The van der Waals surface area contributed by atoms with E-state index in [0.717, 1.165) is 0 Å². The van der Waals surface area contributed by atoms with Crippen LogP contribution in [-0.4, -0.2) is 61.1 Å². The van der Waals surface area contributed by atoms with Crippen LogP contribution in [0.2, 0.25) is 0 Å². The number of primary amides is 1. The van der Waals surface area contributed by atoms with Crippen molar-refractivity contribution in [3.8, 4) is 0 Å². The molecule has 0 spiro atoms. The minimum absolute atomic E-state index is 0.0659. The van der Waals surface area contributed by atoms with E-state index in [1.54, 1.807) is 0 Å². The standard InChI is InChI=1S/C11H19N3O3/c12-10(15)9-1-3-13(4-2-9)11(16)14-5-7-17-8-6-14/h9H,1-8H2,(H2,12,15). The van der Waals surface area contributed by atoms with Crippen LogP contribution in [-0.2, 0) is 9.53 Å². The first kappa shape index (κ1) is 12.2. The van der Waals surface area contributed by atoms with E-state index in [1.807, 2.05) is 9.80 Å². The van der Waals surface area contributed by atoms with E-state index in [4.69, 9.17) is 10.5 Å². The van der Waals surface area contributed by atoms with E-state index < -0.39 is 0 Å². The van der Waals surface area contributed by atoms with E-state index in [-0.39, 0.29) is 17.9 Å². The molecule has 2 rings (SSSR count). The molecule has 2 aliphatic rings. The molecule has 96 valence electrons. The summed E-state index contributed by atoms with van der Waals surface area (Å²) in [7, 11) is 0. The number of carbonyl (C=O) groups excluding carboxylic acids is 2. The lowest BCUT2D eigenvalue weighted by Crippen LogP contribution is -2.51. The molecular weight excluding hydrogens is 222 g/mol. The number of morpholine rings is 1. The molecule has 6 heteroatoms. The topological polar surface area (TPSA) is 75.9 Å². The second-order valence-electron chi connectivity index (χ2n) is 4.55. The van der Waals surface area contributed by atoms with Crippen LogP contribution in [0.5, 0.6) is 0 Å². The molecule has 17 heavy (non-hydrogen) atoms. The Labute approximate surface area is 101 Å². The summed E-state index contributed by atoms with van der Waals surface area (Å²) in [6.45, 7) is 3.81. The second-order valence-corrected chi connectivity index (χ2v) is 4.55. The Morgan fingerprint density at radius 3 is 2.06 bits per heavy atom. The first-order valence-corrected chi connectivity index (χ1v) is 6.09. The molecule has 2 aliphatic heterocycles. The van der Waals surface area contributed by atoms with Crippen LogP contribution in [0.25, 0.3) is 0 Å². The minimum atomic E-state index is -0.247. The molecule has 0 unspecified atom stereocenters. The molecule has 2 heterocycles. The maximum atomic E-state index is 12.1. The molecule has 0 radical (unpaired) electrons. The average Bonchev–Trinajstić information content (AvgIpc) is 2.39. The molecule has 0 aromatic heterocycles. The third-order valence-corrected chi connectivity index (χ3v) is 3.45. The highest BCUT2D eigenvalue weighted by atomic mass is 16.5. The van der Waals surface area contributed by atoms with Gasteiger partial charge in [0, 0.05) is 32.1 Å². The number of amides is 3. The monoisotopic (exact) mass is 241 g/mol. The fourth-order valence-corrected chi connectivity index (χ4v) is 2.31. The summed E-state index contributed by atoms with van der Waals surface area (Å²) in [4.78, 5) is 26.8. The second kappa shape index (κ2) is 5.35. The zero-order chi connectivity index (χ0) is 12.3. The molecule has 0 aliphatic carbocycles. The van der Waals surface area contributed by atoms with Crippen molar-refractivity contribution in [2.45, 2.75) is 12.8 Å². The zero-order valence-corrected chi connectivity index (χ0v) is 9.93. The van der Waals surface area contributed by atoms with Crippen LogP contribution in [0.3, 0.4) is 0 Å². The maximum Gasteiger partial charge on any atom is 0.320 e. The molecule has 0 aromatic rings. The van der Waals surface area contributed by atoms with Crippen LogP contribution in [0.4, 0.5) is 4.79 Å². The van der Waals surface area contributed by atoms with Crippen molar-refractivity contribution in [1.29, 1.82) is 0 Å². The van der Waals surface area contributed by atoms with Gasteiger partial charge >= 0.3 is 6.03 Å². The molecule has 3 amide bonds. The number of hydrogen-bond donors (Lipinski definition) is 1. The van der Waals surface area contributed by atoms with Crippen LogP contribution >= 0.6 is 0 Å². The normalized spacial score (nSPS) is 22.6. The van der Waals surface area contributed by atoms with Gasteiger partial charge in [0.05, 0.1) is 13.2 Å². The van der Waals surface area contributed by atoms with E-state index in [0.29, 0.717) is 52.2 Å². The molecule has 0 aromatic carbocycles. The number of piperidine rings is 1. The SMILES string of the molecule is NC(=O)C1CCN(C(=O)N2CCOCC2)CC1. The fourth-order valence-electron chi connectivity index (χ4n) is 2.31. The largest absolute Gasteiger partial charge is 0.378 e. The smallest absolute Gasteiger partial charge is 0.320 e. The Morgan fingerprint density at radius 1 is 1.00 bits per heavy atom. The van der Waals surface area contributed by atoms with Crippen molar-refractivity contribution in [2.24, 2.45) is 11.7 Å². The molecule has 2 saturated heterocycles. The predicted molar refractivity (Wildman–Crippen MR) is 61.3 cm³/mol. The molecular formula is C11H19N3O3. The summed E-state index contributed by atoms with van der Waals surface area (Å²) >= 11 is 0. The van der Waals surface area contributed by atoms with Gasteiger partial charge in [0.2, 0.25) is 5.91 Å². The summed E-state index contributed by atoms with van der Waals surface area (Å²) in [6.07, 6.45) is 1.37. The number of likely N-dealkylation sites (tertiary alicyclic amines) is 1. The highest BCUT2D eigenvalue weighted by Gasteiger charge is 2.28. The van der Waals surface area contributed by atoms with Gasteiger partial charge < -0.3 is 20.3 Å². The number of ether oxygens (including phenoxy) is 1. The number of hydrogen-bond acceptors (Lipinski definition) is 3. The summed E-state index contributed by atoms with van der Waals surface area (Å²) in [5.74, 6) is -0.313. The fraction of sp³-hybridized carbons (Fsp3) is 0.818. The highest BCUT2D eigenvalue weighted by Crippen LogP contribution is 2.18. The van der Waals surface area contributed by atoms with Gasteiger partial charge in [-0.25, -0.2) is 4.79 Å². The quantitative estimate of drug-likeness (QED) is 0.681. The maximum absolute atomic E-state index is 12.1. The van der Waals surface area contributed by atoms with Crippen molar-refractivity contribution in [3.05, 3.63) is 0 Å². The summed E-state index contributed by atoms with van der Waals surface area (Å²) < 4.78 is 5.21. The Balaban J connectivity index is 1.83. The average molecular weight is 241 g/mol. The van der Waals surface area contributed by atoms with E-state index >= 15 is 0 Å². The minimum Gasteiger partial charge on any atom is -0.378 e. The molecule has 0 bridgehead atoms. The lowest BCUT2D eigenvalue weighted by Gasteiger charge is -2.36. The lowest BCUT2D eigenvalue weighted by molar-refractivity contribution is -0.123. The van der Waals surface area contributed by atoms with Crippen molar-refractivity contribution in [3.63, 3.8) is 0 Å². The van der Waals surface area contributed by atoms with Gasteiger partial charge in [-0.3, -0.25) is 4.79 Å². The summed E-state index contributed by atoms with van der Waals surface area (Å²) in [6, 6.07) is 0.0659. The zero-order valence-electron chi connectivity index (χ0n) is 9.93. The number of rotatable bonds is 1. The Kier molecular flexibility index (Phi) is 3.83. The highest BCUT2D eigenvalue weighted by molar-refractivity contribution is 5.78. The van der Waals surface area contributed by atoms with Gasteiger partial charge in [-0.1, -0.05) is 0 Å². The van der Waals surface area contributed by atoms with Gasteiger partial charge in [-0.15, -0.1) is 0 Å². The third kappa shape index (κ3) is 2.88. The molecule has 0 atom stereocenters. The molecule has 2 N–H and O–H groups in total. The summed E-state index contributed by atoms with van der Waals surface area (Å²) in [5.41, 5.74) is 5.26. The van der Waals surface area contributed by atoms with Crippen LogP contribution < -0.4 is 5.73 Å². The van der Waals surface area contributed by atoms with Gasteiger partial charge in [0.25, 0.3) is 0 Å². The number of carbonyl (C=O) groups is 2. The van der Waals surface area contributed by atoms with Gasteiger partial charge in [0.15, 0.2) is 0 Å². The first-order chi connectivity index (χ1) is 8.18. The molecule has 6 nitrogen and oxygen atoms in total. The Hall–Kier alpha value is -1.30. The first-order valence-electron chi connectivity index (χ1n) is 6.09. The van der Waals surface area contributed by atoms with E-state index in [9.17, 15) is 9.59 Å². The number of nitrogens with zero attached hydrogens (tertiary/aromatic N) is 2. The Morgan fingerprint density at radius 2 is 1.53 bits per heavy atom. The predicted octanol–water partition coefficient (Wildman–Crippen LogP) is -0.364. The lowest BCUT2D eigenvalue weighted by atomic mass is 9.96. The van der Waals surface area contributed by atoms with Crippen molar-refractivity contribution < 1.29 is 14.3 Å². The van der Waals surface area contributed by atoms with E-state index in [2.05, 4.69) is 0 Å². The molecule has 2 fully saturated rings.